The molecular weight excluding hydrogens is 333 g/mol. The van der Waals surface area contributed by atoms with Crippen molar-refractivity contribution in [3.8, 4) is 0 Å². The Morgan fingerprint density at radius 2 is 1.70 bits per heavy atom. The van der Waals surface area contributed by atoms with Gasteiger partial charge in [0.05, 0.1) is 0 Å². The molecule has 0 bridgehead atoms. The molecule has 6 heteroatoms. The number of nitrogens with one attached hydrogen (secondary N) is 1. The predicted octanol–water partition coefficient (Wildman–Crippen LogP) is 2.93. The molecule has 0 heterocycles. The average molecular weight is 364 g/mol. The highest BCUT2D eigenvalue weighted by Crippen LogP contribution is 2.22. The van der Waals surface area contributed by atoms with Gasteiger partial charge in [-0.1, -0.05) is 43.7 Å². The lowest BCUT2D eigenvalue weighted by atomic mass is 9.84. The SMILES string of the molecule is Cc1ccc(C(N)C(=O)NC(C)C(C)(C)CN(C)C)cc1.Cl.Cl. The molecule has 4 nitrogen and oxygen atoms in total. The molecule has 0 aliphatic rings. The fraction of sp³-hybridized carbons (Fsp3) is 0.588. The van der Waals surface area contributed by atoms with E-state index in [0.29, 0.717) is 0 Å². The molecule has 3 N–H and O–H groups in total. The van der Waals surface area contributed by atoms with E-state index in [-0.39, 0.29) is 42.2 Å². The number of halogens is 2. The van der Waals surface area contributed by atoms with E-state index in [9.17, 15) is 4.79 Å². The number of aryl methyl sites for hydroxylation is 1. The van der Waals surface area contributed by atoms with Crippen LogP contribution in [-0.4, -0.2) is 37.5 Å². The van der Waals surface area contributed by atoms with Crippen LogP contribution in [0.4, 0.5) is 0 Å². The van der Waals surface area contributed by atoms with Gasteiger partial charge in [-0.05, 0) is 38.9 Å². The molecule has 0 spiro atoms. The van der Waals surface area contributed by atoms with Crippen LogP contribution in [0.1, 0.15) is 37.9 Å². The quantitative estimate of drug-likeness (QED) is 0.816. The van der Waals surface area contributed by atoms with Crippen LogP contribution >= 0.6 is 24.8 Å². The summed E-state index contributed by atoms with van der Waals surface area (Å²) < 4.78 is 0. The van der Waals surface area contributed by atoms with Crippen LogP contribution in [0.5, 0.6) is 0 Å². The molecule has 2 unspecified atom stereocenters. The summed E-state index contributed by atoms with van der Waals surface area (Å²) in [6, 6.07) is 7.20. The smallest absolute Gasteiger partial charge is 0.241 e. The summed E-state index contributed by atoms with van der Waals surface area (Å²) in [5, 5.41) is 3.05. The minimum absolute atomic E-state index is 0. The van der Waals surface area contributed by atoms with E-state index in [1.165, 1.54) is 0 Å². The highest BCUT2D eigenvalue weighted by atomic mass is 35.5. The van der Waals surface area contributed by atoms with Crippen molar-refractivity contribution >= 4 is 30.7 Å². The lowest BCUT2D eigenvalue weighted by Crippen LogP contribution is -2.49. The zero-order chi connectivity index (χ0) is 16.2. The number of benzene rings is 1. The molecule has 0 saturated carbocycles. The maximum Gasteiger partial charge on any atom is 0.241 e. The number of nitrogens with zero attached hydrogens (tertiary/aromatic N) is 1. The number of carbonyl (C=O) groups excluding carboxylic acids is 1. The third kappa shape index (κ3) is 7.53. The second-order valence-electron chi connectivity index (χ2n) is 6.84. The Morgan fingerprint density at radius 3 is 2.13 bits per heavy atom. The highest BCUT2D eigenvalue weighted by molar-refractivity contribution is 5.85. The molecule has 2 atom stereocenters. The molecule has 1 rings (SSSR count). The van der Waals surface area contributed by atoms with Crippen molar-refractivity contribution in [2.45, 2.75) is 39.8 Å². The van der Waals surface area contributed by atoms with Crippen LogP contribution in [0.2, 0.25) is 0 Å². The van der Waals surface area contributed by atoms with Gasteiger partial charge in [0.15, 0.2) is 0 Å². The topological polar surface area (TPSA) is 58.4 Å². The summed E-state index contributed by atoms with van der Waals surface area (Å²) >= 11 is 0. The molecule has 0 aliphatic heterocycles. The van der Waals surface area contributed by atoms with Crippen molar-refractivity contribution in [3.05, 3.63) is 35.4 Å². The Bertz CT molecular complexity index is 475. The Kier molecular flexibility index (Phi) is 10.8. The monoisotopic (exact) mass is 363 g/mol. The maximum absolute atomic E-state index is 12.3. The largest absolute Gasteiger partial charge is 0.351 e. The van der Waals surface area contributed by atoms with Crippen molar-refractivity contribution < 1.29 is 4.79 Å². The Balaban J connectivity index is 0. The highest BCUT2D eigenvalue weighted by Gasteiger charge is 2.29. The normalized spacial score (nSPS) is 13.6. The second-order valence-corrected chi connectivity index (χ2v) is 6.84. The molecular formula is C17H31Cl2N3O. The summed E-state index contributed by atoms with van der Waals surface area (Å²) in [6.45, 7) is 9.24. The van der Waals surface area contributed by atoms with Crippen molar-refractivity contribution in [3.63, 3.8) is 0 Å². The first-order valence-corrected chi connectivity index (χ1v) is 7.41. The van der Waals surface area contributed by atoms with Gasteiger partial charge in [0.2, 0.25) is 5.91 Å². The van der Waals surface area contributed by atoms with Gasteiger partial charge in [-0.2, -0.15) is 0 Å². The fourth-order valence-corrected chi connectivity index (χ4v) is 2.38. The number of hydrogen-bond donors (Lipinski definition) is 2. The molecule has 134 valence electrons. The van der Waals surface area contributed by atoms with E-state index < -0.39 is 6.04 Å². The molecule has 0 aliphatic carbocycles. The predicted molar refractivity (Wildman–Crippen MR) is 103 cm³/mol. The number of rotatable bonds is 6. The first-order chi connectivity index (χ1) is 9.63. The van der Waals surface area contributed by atoms with Crippen molar-refractivity contribution in [2.24, 2.45) is 11.1 Å². The van der Waals surface area contributed by atoms with E-state index >= 15 is 0 Å². The summed E-state index contributed by atoms with van der Waals surface area (Å²) in [7, 11) is 4.07. The van der Waals surface area contributed by atoms with Gasteiger partial charge in [0.25, 0.3) is 0 Å². The average Bonchev–Trinajstić information content (AvgIpc) is 2.37. The van der Waals surface area contributed by atoms with E-state index in [1.807, 2.05) is 52.2 Å². The number of carbonyl (C=O) groups is 1. The lowest BCUT2D eigenvalue weighted by molar-refractivity contribution is -0.124. The summed E-state index contributed by atoms with van der Waals surface area (Å²) in [5.41, 5.74) is 8.04. The Morgan fingerprint density at radius 1 is 1.22 bits per heavy atom. The van der Waals surface area contributed by atoms with E-state index in [0.717, 1.165) is 17.7 Å². The summed E-state index contributed by atoms with van der Waals surface area (Å²) in [5.74, 6) is -0.127. The number of nitrogens with two attached hydrogens (primary N) is 1. The maximum atomic E-state index is 12.3. The van der Waals surface area contributed by atoms with Crippen LogP contribution in [-0.2, 0) is 4.79 Å². The van der Waals surface area contributed by atoms with Crippen LogP contribution in [0.15, 0.2) is 24.3 Å². The van der Waals surface area contributed by atoms with Gasteiger partial charge in [0.1, 0.15) is 6.04 Å². The van der Waals surface area contributed by atoms with Crippen molar-refractivity contribution in [1.29, 1.82) is 0 Å². The zero-order valence-electron chi connectivity index (χ0n) is 14.9. The minimum atomic E-state index is -0.622. The number of hydrogen-bond acceptors (Lipinski definition) is 3. The Labute approximate surface area is 153 Å². The van der Waals surface area contributed by atoms with Crippen LogP contribution in [0, 0.1) is 12.3 Å². The van der Waals surface area contributed by atoms with E-state index in [4.69, 9.17) is 5.73 Å². The van der Waals surface area contributed by atoms with Gasteiger partial charge in [-0.15, -0.1) is 24.8 Å². The third-order valence-corrected chi connectivity index (χ3v) is 3.97. The molecule has 0 radical (unpaired) electrons. The van der Waals surface area contributed by atoms with Crippen LogP contribution in [0.3, 0.4) is 0 Å². The Hall–Kier alpha value is -0.810. The van der Waals surface area contributed by atoms with Gasteiger partial charge in [0, 0.05) is 12.6 Å². The molecule has 1 amide bonds. The van der Waals surface area contributed by atoms with Crippen molar-refractivity contribution in [2.75, 3.05) is 20.6 Å². The zero-order valence-corrected chi connectivity index (χ0v) is 16.6. The first-order valence-electron chi connectivity index (χ1n) is 7.41. The molecule has 1 aromatic carbocycles. The van der Waals surface area contributed by atoms with Gasteiger partial charge in [-0.3, -0.25) is 4.79 Å². The van der Waals surface area contributed by atoms with E-state index in [2.05, 4.69) is 24.1 Å². The van der Waals surface area contributed by atoms with E-state index in [1.54, 1.807) is 0 Å². The standard InChI is InChI=1S/C17H29N3O.2ClH/c1-12-7-9-14(10-8-12)15(18)16(21)19-13(2)17(3,4)11-20(5)6;;/h7-10,13,15H,11,18H2,1-6H3,(H,19,21);2*1H. The van der Waals surface area contributed by atoms with Gasteiger partial charge in [-0.25, -0.2) is 0 Å². The van der Waals surface area contributed by atoms with Crippen molar-refractivity contribution in [1.82, 2.24) is 10.2 Å². The van der Waals surface area contributed by atoms with Crippen LogP contribution < -0.4 is 11.1 Å². The summed E-state index contributed by atoms with van der Waals surface area (Å²) in [6.07, 6.45) is 0. The van der Waals surface area contributed by atoms with Gasteiger partial charge < -0.3 is 16.0 Å². The van der Waals surface area contributed by atoms with Gasteiger partial charge >= 0.3 is 0 Å². The lowest BCUT2D eigenvalue weighted by Gasteiger charge is -2.35. The molecule has 0 aromatic heterocycles. The molecule has 1 aromatic rings. The fourth-order valence-electron chi connectivity index (χ4n) is 2.38. The molecule has 0 fully saturated rings. The molecule has 23 heavy (non-hydrogen) atoms. The first kappa shape index (κ1) is 24.4. The number of amides is 1. The summed E-state index contributed by atoms with van der Waals surface area (Å²) in [4.78, 5) is 14.4. The molecule has 0 saturated heterocycles. The minimum Gasteiger partial charge on any atom is -0.351 e. The second kappa shape index (κ2) is 10.1. The third-order valence-electron chi connectivity index (χ3n) is 3.97. The van der Waals surface area contributed by atoms with Crippen LogP contribution in [0.25, 0.3) is 0 Å².